The summed E-state index contributed by atoms with van der Waals surface area (Å²) in [5, 5.41) is 0.634. The molecule has 1 heterocycles. The van der Waals surface area contributed by atoms with Gasteiger partial charge in [-0.25, -0.2) is 13.4 Å². The highest BCUT2D eigenvalue weighted by molar-refractivity contribution is 7.90. The first-order chi connectivity index (χ1) is 16.1. The Hall–Kier alpha value is -2.39. The number of hydrogen-bond donors (Lipinski definition) is 0. The molecule has 0 atom stereocenters. The predicted octanol–water partition coefficient (Wildman–Crippen LogP) is 4.86. The second kappa shape index (κ2) is 11.4. The van der Waals surface area contributed by atoms with Gasteiger partial charge in [-0.05, 0) is 37.6 Å². The molecule has 0 unspecified atom stereocenters. The van der Waals surface area contributed by atoms with Crippen LogP contribution < -0.4 is 0 Å². The van der Waals surface area contributed by atoms with Crippen LogP contribution in [-0.2, 0) is 33.4 Å². The summed E-state index contributed by atoms with van der Waals surface area (Å²) in [5.41, 5.74) is 1.57. The maximum atomic E-state index is 13.3. The van der Waals surface area contributed by atoms with E-state index in [9.17, 15) is 13.2 Å². The van der Waals surface area contributed by atoms with Crippen LogP contribution in [0.3, 0.4) is 0 Å². The molecule has 0 saturated carbocycles. The first kappa shape index (κ1) is 26.2. The van der Waals surface area contributed by atoms with E-state index in [1.807, 2.05) is 19.9 Å². The summed E-state index contributed by atoms with van der Waals surface area (Å²) >= 11 is 12.2. The lowest BCUT2D eigenvalue weighted by atomic mass is 10.1. The van der Waals surface area contributed by atoms with Gasteiger partial charge in [0.15, 0.2) is 0 Å². The molecule has 0 aliphatic carbocycles. The second-order valence-corrected chi connectivity index (χ2v) is 10.8. The van der Waals surface area contributed by atoms with E-state index in [1.165, 1.54) is 12.3 Å². The van der Waals surface area contributed by atoms with Gasteiger partial charge in [0.2, 0.25) is 15.0 Å². The molecule has 0 N–H and O–H groups in total. The van der Waals surface area contributed by atoms with Crippen molar-refractivity contribution in [3.63, 3.8) is 0 Å². The first-order valence-electron chi connectivity index (χ1n) is 10.7. The number of benzene rings is 2. The quantitative estimate of drug-likeness (QED) is 0.379. The number of halogens is 2. The maximum absolute atomic E-state index is 13.3. The second-order valence-electron chi connectivity index (χ2n) is 8.07. The molecule has 182 valence electrons. The van der Waals surface area contributed by atoms with Crippen LogP contribution in [0.2, 0.25) is 10.0 Å². The number of carbonyl (C=O) groups excluding carboxylic acids is 1. The standard InChI is InChI=1S/C24H27Cl2N3O4S/c1-17(2)29(23(30)21-10-9-19(25)13-22(21)26)15-20-14-27-24(28(20)11-12-33-3)34(31,32)16-18-7-5-4-6-8-18/h4-10,13-14,17H,11-12,15-16H2,1-3H3. The molecule has 0 aliphatic rings. The molecule has 0 radical (unpaired) electrons. The number of methoxy groups -OCH3 is 1. The van der Waals surface area contributed by atoms with Gasteiger partial charge in [0.25, 0.3) is 5.91 Å². The molecule has 0 fully saturated rings. The number of rotatable bonds is 10. The van der Waals surface area contributed by atoms with E-state index >= 15 is 0 Å². The number of hydrogen-bond acceptors (Lipinski definition) is 5. The summed E-state index contributed by atoms with van der Waals surface area (Å²) < 4.78 is 33.2. The fourth-order valence-corrected chi connectivity index (χ4v) is 5.53. The minimum absolute atomic E-state index is 0.0518. The van der Waals surface area contributed by atoms with Crippen molar-refractivity contribution in [3.8, 4) is 0 Å². The Morgan fingerprint density at radius 3 is 2.47 bits per heavy atom. The zero-order valence-electron chi connectivity index (χ0n) is 19.2. The van der Waals surface area contributed by atoms with Crippen molar-refractivity contribution in [3.05, 3.63) is 81.6 Å². The number of amides is 1. The molecule has 3 aromatic rings. The van der Waals surface area contributed by atoms with Gasteiger partial charge in [-0.15, -0.1) is 0 Å². The van der Waals surface area contributed by atoms with E-state index in [1.54, 1.807) is 53.0 Å². The Morgan fingerprint density at radius 2 is 1.85 bits per heavy atom. The number of nitrogens with zero attached hydrogens (tertiary/aromatic N) is 3. The highest BCUT2D eigenvalue weighted by Gasteiger charge is 2.27. The van der Waals surface area contributed by atoms with Crippen LogP contribution in [-0.4, -0.2) is 48.5 Å². The largest absolute Gasteiger partial charge is 0.383 e. The van der Waals surface area contributed by atoms with Gasteiger partial charge in [-0.3, -0.25) is 4.79 Å². The van der Waals surface area contributed by atoms with Gasteiger partial charge < -0.3 is 14.2 Å². The van der Waals surface area contributed by atoms with E-state index in [0.717, 1.165) is 0 Å². The summed E-state index contributed by atoms with van der Waals surface area (Å²) in [6, 6.07) is 13.5. The third-order valence-corrected chi connectivity index (χ3v) is 7.42. The molecule has 0 aliphatic heterocycles. The molecular formula is C24H27Cl2N3O4S. The molecule has 0 spiro atoms. The molecule has 10 heteroatoms. The van der Waals surface area contributed by atoms with E-state index in [4.69, 9.17) is 27.9 Å². The summed E-state index contributed by atoms with van der Waals surface area (Å²) in [4.78, 5) is 19.2. The van der Waals surface area contributed by atoms with E-state index in [2.05, 4.69) is 4.98 Å². The Labute approximate surface area is 210 Å². The average molecular weight is 524 g/mol. The predicted molar refractivity (Wildman–Crippen MR) is 133 cm³/mol. The fraction of sp³-hybridized carbons (Fsp3) is 0.333. The van der Waals surface area contributed by atoms with Gasteiger partial charge >= 0.3 is 0 Å². The smallest absolute Gasteiger partial charge is 0.255 e. The van der Waals surface area contributed by atoms with Gasteiger partial charge in [0.1, 0.15) is 0 Å². The SMILES string of the molecule is COCCn1c(CN(C(=O)c2ccc(Cl)cc2Cl)C(C)C)cnc1S(=O)(=O)Cc1ccccc1. The van der Waals surface area contributed by atoms with Crippen LogP contribution in [0.4, 0.5) is 0 Å². The van der Waals surface area contributed by atoms with Gasteiger partial charge in [-0.1, -0.05) is 53.5 Å². The molecule has 7 nitrogen and oxygen atoms in total. The zero-order valence-corrected chi connectivity index (χ0v) is 21.6. The Kier molecular flexibility index (Phi) is 8.76. The number of sulfone groups is 1. The number of carbonyl (C=O) groups is 1. The molecule has 2 aromatic carbocycles. The lowest BCUT2D eigenvalue weighted by Gasteiger charge is -2.28. The van der Waals surface area contributed by atoms with E-state index < -0.39 is 9.84 Å². The van der Waals surface area contributed by atoms with Crippen LogP contribution in [0.15, 0.2) is 59.9 Å². The molecule has 0 saturated heterocycles. The molecular weight excluding hydrogens is 497 g/mol. The summed E-state index contributed by atoms with van der Waals surface area (Å²) in [6.07, 6.45) is 1.50. The highest BCUT2D eigenvalue weighted by atomic mass is 35.5. The number of ether oxygens (including phenoxy) is 1. The first-order valence-corrected chi connectivity index (χ1v) is 13.1. The Balaban J connectivity index is 1.96. The molecule has 0 bridgehead atoms. The molecule has 1 amide bonds. The topological polar surface area (TPSA) is 81.5 Å². The fourth-order valence-electron chi connectivity index (χ4n) is 3.53. The third kappa shape index (κ3) is 6.18. The van der Waals surface area contributed by atoms with Crippen LogP contribution >= 0.6 is 23.2 Å². The summed E-state index contributed by atoms with van der Waals surface area (Å²) in [6.45, 7) is 4.47. The normalized spacial score (nSPS) is 11.7. The minimum atomic E-state index is -3.74. The Bertz CT molecular complexity index is 1240. The van der Waals surface area contributed by atoms with Crippen molar-refractivity contribution < 1.29 is 17.9 Å². The van der Waals surface area contributed by atoms with Crippen molar-refractivity contribution in [1.29, 1.82) is 0 Å². The van der Waals surface area contributed by atoms with E-state index in [0.29, 0.717) is 21.8 Å². The monoisotopic (exact) mass is 523 g/mol. The minimum Gasteiger partial charge on any atom is -0.383 e. The van der Waals surface area contributed by atoms with Crippen molar-refractivity contribution in [2.24, 2.45) is 0 Å². The third-order valence-electron chi connectivity index (χ3n) is 5.28. The molecule has 1 aromatic heterocycles. The van der Waals surface area contributed by atoms with Crippen molar-refractivity contribution in [1.82, 2.24) is 14.5 Å². The van der Waals surface area contributed by atoms with Gasteiger partial charge in [0.05, 0.1) is 41.4 Å². The van der Waals surface area contributed by atoms with Crippen molar-refractivity contribution >= 4 is 38.9 Å². The maximum Gasteiger partial charge on any atom is 0.255 e. The molecule has 34 heavy (non-hydrogen) atoms. The van der Waals surface area contributed by atoms with Gasteiger partial charge in [-0.2, -0.15) is 0 Å². The summed E-state index contributed by atoms with van der Waals surface area (Å²) in [5.74, 6) is -0.463. The number of aromatic nitrogens is 2. The Morgan fingerprint density at radius 1 is 1.15 bits per heavy atom. The van der Waals surface area contributed by atoms with Gasteiger partial charge in [0, 0.05) is 24.7 Å². The van der Waals surface area contributed by atoms with Crippen LogP contribution in [0.1, 0.15) is 35.5 Å². The van der Waals surface area contributed by atoms with Crippen LogP contribution in [0.5, 0.6) is 0 Å². The van der Waals surface area contributed by atoms with Crippen LogP contribution in [0.25, 0.3) is 0 Å². The number of imidazole rings is 1. The zero-order chi connectivity index (χ0) is 24.9. The lowest BCUT2D eigenvalue weighted by Crippen LogP contribution is -2.37. The molecule has 3 rings (SSSR count). The van der Waals surface area contributed by atoms with E-state index in [-0.39, 0.29) is 47.6 Å². The summed E-state index contributed by atoms with van der Waals surface area (Å²) in [7, 11) is -2.19. The van der Waals surface area contributed by atoms with Crippen LogP contribution in [0, 0.1) is 0 Å². The lowest BCUT2D eigenvalue weighted by molar-refractivity contribution is 0.0684. The highest BCUT2D eigenvalue weighted by Crippen LogP contribution is 2.25. The van der Waals surface area contributed by atoms with Crippen molar-refractivity contribution in [2.75, 3.05) is 13.7 Å². The van der Waals surface area contributed by atoms with Crippen molar-refractivity contribution in [2.45, 2.75) is 43.9 Å². The average Bonchev–Trinajstić information content (AvgIpc) is 3.19.